The van der Waals surface area contributed by atoms with E-state index in [1.54, 1.807) is 11.1 Å². The second-order valence-corrected chi connectivity index (χ2v) is 17.8. The molecule has 6 unspecified atom stereocenters. The number of allylic oxidation sites excluding steroid dienone is 9. The molecule has 2 saturated carbocycles. The third-order valence-electron chi connectivity index (χ3n) is 10.9. The Balaban J connectivity index is 1.36. The summed E-state index contributed by atoms with van der Waals surface area (Å²) in [4.78, 5) is 0. The fourth-order valence-corrected chi connectivity index (χ4v) is 17.0. The van der Waals surface area contributed by atoms with Crippen molar-refractivity contribution in [2.24, 2.45) is 35.5 Å². The second-order valence-electron chi connectivity index (χ2n) is 12.9. The van der Waals surface area contributed by atoms with Crippen LogP contribution in [0.4, 0.5) is 0 Å². The first-order valence-electron chi connectivity index (χ1n) is 15.0. The second kappa shape index (κ2) is 10.5. The van der Waals surface area contributed by atoms with Gasteiger partial charge in [0.1, 0.15) is 0 Å². The van der Waals surface area contributed by atoms with Crippen molar-refractivity contribution in [1.82, 2.24) is 0 Å². The Morgan fingerprint density at radius 2 is 1.18 bits per heavy atom. The minimum Gasteiger partial charge on any atom is -0.103 e. The largest absolute Gasteiger partial charge is 0.103 e. The maximum absolute atomic E-state index is 4.20. The van der Waals surface area contributed by atoms with Gasteiger partial charge in [-0.1, -0.05) is 130 Å². The molecule has 2 aromatic carbocycles. The Morgan fingerprint density at radius 1 is 0.737 bits per heavy atom. The van der Waals surface area contributed by atoms with Crippen molar-refractivity contribution in [2.45, 2.75) is 56.8 Å². The normalized spacial score (nSPS) is 35.1. The molecule has 0 N–H and O–H groups in total. The van der Waals surface area contributed by atoms with Crippen LogP contribution in [0.15, 0.2) is 110 Å². The molecule has 0 radical (unpaired) electrons. The molecule has 0 nitrogen and oxygen atoms in total. The van der Waals surface area contributed by atoms with Crippen LogP contribution in [0.25, 0.3) is 11.1 Å². The minimum absolute atomic E-state index is 0.659. The molecule has 38 heavy (non-hydrogen) atoms. The van der Waals surface area contributed by atoms with Gasteiger partial charge >= 0.3 is 0 Å². The highest BCUT2D eigenvalue weighted by Crippen LogP contribution is 2.65. The van der Waals surface area contributed by atoms with E-state index >= 15 is 0 Å². The summed E-state index contributed by atoms with van der Waals surface area (Å²) < 4.78 is 0. The summed E-state index contributed by atoms with van der Waals surface area (Å²) in [6.45, 7) is 12.2. The molecule has 0 aliphatic heterocycles. The molecule has 0 amide bonds. The molecule has 2 aromatic rings. The van der Waals surface area contributed by atoms with E-state index in [1.807, 2.05) is 0 Å². The van der Waals surface area contributed by atoms with Gasteiger partial charge in [0.05, 0.1) is 8.07 Å². The van der Waals surface area contributed by atoms with Gasteiger partial charge in [-0.25, -0.2) is 0 Å². The van der Waals surface area contributed by atoms with E-state index in [0.717, 1.165) is 22.9 Å². The average Bonchev–Trinajstić information content (AvgIpc) is 3.48. The van der Waals surface area contributed by atoms with Gasteiger partial charge in [0.25, 0.3) is 0 Å². The standard InChI is InChI=1S/C37H44Si/c1-5-6-23-38(4,36-26(2)24-34-30(19-13-21-32(34)36)28-15-9-7-10-16-28)37-27(3)25-35-31(20-14-22-33(35)37)29-17-11-8-12-18-29/h5,7-22,26-27,32-37H,1,6,23-25H2,2-4H3/t26?,27?,32?,33?,34-,35-,36?,37?,38?/m1/s1. The average molecular weight is 517 g/mol. The van der Waals surface area contributed by atoms with E-state index in [1.165, 1.54) is 36.4 Å². The Labute approximate surface area is 232 Å². The van der Waals surface area contributed by atoms with E-state index in [-0.39, 0.29) is 0 Å². The SMILES string of the molecule is C=CCC[Si](C)(C1C(C)C[C@@H]2C(c3ccccc3)=CC=CC12)C1C(C)C[C@@H]2C(c3ccccc3)=CC=CC12. The zero-order valence-corrected chi connectivity index (χ0v) is 24.5. The topological polar surface area (TPSA) is 0 Å². The predicted molar refractivity (Wildman–Crippen MR) is 167 cm³/mol. The summed E-state index contributed by atoms with van der Waals surface area (Å²) in [7, 11) is -1.74. The van der Waals surface area contributed by atoms with Gasteiger partial charge in [-0.15, -0.1) is 6.58 Å². The number of fused-ring (bicyclic) bond motifs is 2. The fraction of sp³-hybridized carbons (Fsp3) is 0.405. The van der Waals surface area contributed by atoms with Crippen molar-refractivity contribution in [3.05, 3.63) is 121 Å². The Hall–Kier alpha value is -2.64. The third kappa shape index (κ3) is 4.28. The Morgan fingerprint density at radius 3 is 1.61 bits per heavy atom. The molecule has 2 fully saturated rings. The molecule has 6 rings (SSSR count). The molecule has 0 saturated heterocycles. The monoisotopic (exact) mass is 516 g/mol. The van der Waals surface area contributed by atoms with Crippen LogP contribution in [0.5, 0.6) is 0 Å². The van der Waals surface area contributed by atoms with Gasteiger partial charge in [0.15, 0.2) is 0 Å². The van der Waals surface area contributed by atoms with Gasteiger partial charge in [-0.05, 0) is 88.1 Å². The Kier molecular flexibility index (Phi) is 7.08. The first-order valence-corrected chi connectivity index (χ1v) is 17.9. The van der Waals surface area contributed by atoms with E-state index in [4.69, 9.17) is 0 Å². The maximum atomic E-state index is 4.20. The summed E-state index contributed by atoms with van der Waals surface area (Å²) >= 11 is 0. The van der Waals surface area contributed by atoms with Gasteiger partial charge in [0.2, 0.25) is 0 Å². The van der Waals surface area contributed by atoms with Crippen LogP contribution in [0.2, 0.25) is 23.7 Å². The van der Waals surface area contributed by atoms with Crippen LogP contribution in [0.3, 0.4) is 0 Å². The minimum atomic E-state index is -1.74. The number of hydrogen-bond donors (Lipinski definition) is 0. The van der Waals surface area contributed by atoms with Crippen LogP contribution in [-0.4, -0.2) is 8.07 Å². The van der Waals surface area contributed by atoms with Crippen molar-refractivity contribution < 1.29 is 0 Å². The summed E-state index contributed by atoms with van der Waals surface area (Å²) in [5.74, 6) is 4.21. The van der Waals surface area contributed by atoms with Crippen LogP contribution in [0.1, 0.15) is 44.2 Å². The van der Waals surface area contributed by atoms with Crippen molar-refractivity contribution in [3.8, 4) is 0 Å². The quantitative estimate of drug-likeness (QED) is 0.254. The van der Waals surface area contributed by atoms with Crippen molar-refractivity contribution >= 4 is 19.2 Å². The molecular formula is C37H44Si. The lowest BCUT2D eigenvalue weighted by Gasteiger charge is -2.48. The van der Waals surface area contributed by atoms with Gasteiger partial charge in [-0.3, -0.25) is 0 Å². The van der Waals surface area contributed by atoms with Crippen LogP contribution >= 0.6 is 0 Å². The Bertz CT molecular complexity index is 1170. The number of rotatable bonds is 7. The van der Waals surface area contributed by atoms with Gasteiger partial charge in [-0.2, -0.15) is 0 Å². The molecule has 0 heterocycles. The highest BCUT2D eigenvalue weighted by Gasteiger charge is 2.59. The third-order valence-corrected chi connectivity index (χ3v) is 17.2. The van der Waals surface area contributed by atoms with Crippen LogP contribution in [0, 0.1) is 35.5 Å². The van der Waals surface area contributed by atoms with E-state index in [0.29, 0.717) is 23.7 Å². The zero-order chi connectivity index (χ0) is 26.3. The van der Waals surface area contributed by atoms with E-state index < -0.39 is 8.07 Å². The van der Waals surface area contributed by atoms with Gasteiger partial charge < -0.3 is 0 Å². The summed E-state index contributed by atoms with van der Waals surface area (Å²) in [5, 5.41) is 0. The van der Waals surface area contributed by atoms with Crippen molar-refractivity contribution in [2.75, 3.05) is 0 Å². The first-order chi connectivity index (χ1) is 18.5. The summed E-state index contributed by atoms with van der Waals surface area (Å²) in [6, 6.07) is 23.8. The van der Waals surface area contributed by atoms with Crippen molar-refractivity contribution in [1.29, 1.82) is 0 Å². The highest BCUT2D eigenvalue weighted by molar-refractivity contribution is 6.82. The molecule has 0 spiro atoms. The molecule has 1 heteroatoms. The highest BCUT2D eigenvalue weighted by atomic mass is 28.3. The zero-order valence-electron chi connectivity index (χ0n) is 23.5. The lowest BCUT2D eigenvalue weighted by Crippen LogP contribution is -2.48. The lowest BCUT2D eigenvalue weighted by molar-refractivity contribution is 0.489. The van der Waals surface area contributed by atoms with Crippen LogP contribution in [-0.2, 0) is 0 Å². The molecule has 4 aliphatic rings. The first kappa shape index (κ1) is 25.6. The number of benzene rings is 2. The predicted octanol–water partition coefficient (Wildman–Crippen LogP) is 10.2. The lowest BCUT2D eigenvalue weighted by atomic mass is 9.81. The molecule has 0 aromatic heterocycles. The van der Waals surface area contributed by atoms with Crippen LogP contribution < -0.4 is 0 Å². The van der Waals surface area contributed by atoms with E-state index in [2.05, 4.69) is 130 Å². The number of hydrogen-bond acceptors (Lipinski definition) is 0. The molecule has 0 bridgehead atoms. The molecule has 4 aliphatic carbocycles. The molecule has 196 valence electrons. The molecule has 8 atom stereocenters. The summed E-state index contributed by atoms with van der Waals surface area (Å²) in [5.41, 5.74) is 7.66. The molecular weight excluding hydrogens is 472 g/mol. The fourth-order valence-electron chi connectivity index (χ4n) is 9.70. The van der Waals surface area contributed by atoms with Crippen molar-refractivity contribution in [3.63, 3.8) is 0 Å². The summed E-state index contributed by atoms with van der Waals surface area (Å²) in [6.07, 6.45) is 20.9. The van der Waals surface area contributed by atoms with E-state index in [9.17, 15) is 0 Å². The maximum Gasteiger partial charge on any atom is 0.0587 e. The smallest absolute Gasteiger partial charge is 0.0587 e. The van der Waals surface area contributed by atoms with Gasteiger partial charge in [0, 0.05) is 0 Å².